The smallest absolute Gasteiger partial charge is 0.221 e. The summed E-state index contributed by atoms with van der Waals surface area (Å²) in [5, 5.41) is 0. The molecule has 0 spiro atoms. The van der Waals surface area contributed by atoms with Crippen LogP contribution in [-0.2, 0) is 22.9 Å². The van der Waals surface area contributed by atoms with Crippen LogP contribution in [-0.4, -0.2) is 14.2 Å². The maximum absolute atomic E-state index is 11.8. The molecule has 0 fully saturated rings. The Kier molecular flexibility index (Phi) is 5.58. The molecule has 0 heterocycles. The fourth-order valence-corrected chi connectivity index (χ4v) is 3.48. The highest BCUT2D eigenvalue weighted by atomic mass is 32.2. The second-order valence-electron chi connectivity index (χ2n) is 5.17. The Labute approximate surface area is 130 Å². The van der Waals surface area contributed by atoms with Gasteiger partial charge in [-0.1, -0.05) is 60.7 Å². The molecule has 0 unspecified atom stereocenters. The zero-order valence-electron chi connectivity index (χ0n) is 12.0. The molecule has 0 saturated heterocycles. The third-order valence-electron chi connectivity index (χ3n) is 3.34. The van der Waals surface area contributed by atoms with Crippen molar-refractivity contribution in [2.75, 3.05) is 5.75 Å². The van der Waals surface area contributed by atoms with Crippen molar-refractivity contribution in [1.82, 2.24) is 0 Å². The van der Waals surface area contributed by atoms with E-state index < -0.39 is 10.0 Å². The summed E-state index contributed by atoms with van der Waals surface area (Å²) in [6.45, 7) is 0. The van der Waals surface area contributed by atoms with Crippen LogP contribution >= 0.6 is 0 Å². The first kappa shape index (κ1) is 16.1. The molecule has 0 aliphatic heterocycles. The van der Waals surface area contributed by atoms with Gasteiger partial charge in [0, 0.05) is 9.43 Å². The highest BCUT2D eigenvalue weighted by molar-refractivity contribution is 7.90. The van der Waals surface area contributed by atoms with E-state index in [1.807, 2.05) is 60.7 Å². The lowest BCUT2D eigenvalue weighted by Crippen LogP contribution is -2.19. The first-order valence-electron chi connectivity index (χ1n) is 6.96. The fraction of sp³-hybridized carbons (Fsp3) is 0.250. The maximum atomic E-state index is 11.8. The van der Waals surface area contributed by atoms with Crippen molar-refractivity contribution >= 4 is 10.0 Å². The molecule has 2 rings (SSSR count). The number of azide groups is 1. The number of benzene rings is 2. The van der Waals surface area contributed by atoms with Crippen molar-refractivity contribution in [2.24, 2.45) is 10.4 Å². The van der Waals surface area contributed by atoms with Crippen LogP contribution in [0.15, 0.2) is 65.2 Å². The minimum absolute atomic E-state index is 0.139. The van der Waals surface area contributed by atoms with E-state index in [0.29, 0.717) is 12.8 Å². The largest absolute Gasteiger partial charge is 0.235 e. The van der Waals surface area contributed by atoms with Crippen LogP contribution in [0.3, 0.4) is 0 Å². The highest BCUT2D eigenvalue weighted by Crippen LogP contribution is 2.17. The molecule has 0 saturated carbocycles. The Hall–Kier alpha value is -2.30. The van der Waals surface area contributed by atoms with Gasteiger partial charge in [-0.3, -0.25) is 0 Å². The van der Waals surface area contributed by atoms with Crippen LogP contribution in [0, 0.1) is 5.92 Å². The van der Waals surface area contributed by atoms with Crippen molar-refractivity contribution in [3.63, 3.8) is 0 Å². The molecular formula is C16H17N3O2S. The number of hydrogen-bond donors (Lipinski definition) is 0. The van der Waals surface area contributed by atoms with Crippen LogP contribution in [0.4, 0.5) is 0 Å². The molecule has 2 aromatic carbocycles. The lowest BCUT2D eigenvalue weighted by molar-refractivity contribution is 0.545. The Morgan fingerprint density at radius 3 is 1.77 bits per heavy atom. The third-order valence-corrected chi connectivity index (χ3v) is 4.56. The van der Waals surface area contributed by atoms with E-state index in [4.69, 9.17) is 5.53 Å². The van der Waals surface area contributed by atoms with E-state index in [0.717, 1.165) is 11.1 Å². The Bertz CT molecular complexity index is 698. The predicted molar refractivity (Wildman–Crippen MR) is 86.7 cm³/mol. The van der Waals surface area contributed by atoms with Crippen LogP contribution < -0.4 is 0 Å². The Morgan fingerprint density at radius 1 is 0.909 bits per heavy atom. The normalized spacial score (nSPS) is 11.1. The van der Waals surface area contributed by atoms with E-state index in [2.05, 4.69) is 9.43 Å². The number of sulfonamides is 1. The molecule has 0 amide bonds. The average molecular weight is 315 g/mol. The molecule has 0 aromatic heterocycles. The van der Waals surface area contributed by atoms with Gasteiger partial charge in [-0.15, -0.1) is 0 Å². The van der Waals surface area contributed by atoms with Crippen LogP contribution in [0.2, 0.25) is 0 Å². The number of nitrogens with zero attached hydrogens (tertiary/aromatic N) is 3. The van der Waals surface area contributed by atoms with E-state index in [9.17, 15) is 8.42 Å². The maximum Gasteiger partial charge on any atom is 0.235 e. The first-order chi connectivity index (χ1) is 10.6. The van der Waals surface area contributed by atoms with Gasteiger partial charge in [0.15, 0.2) is 0 Å². The lowest BCUT2D eigenvalue weighted by atomic mass is 9.94. The predicted octanol–water partition coefficient (Wildman–Crippen LogP) is 3.73. The second kappa shape index (κ2) is 7.64. The average Bonchev–Trinajstić information content (AvgIpc) is 2.48. The molecule has 6 heteroatoms. The summed E-state index contributed by atoms with van der Waals surface area (Å²) < 4.78 is 26.5. The second-order valence-corrected chi connectivity index (χ2v) is 6.83. The lowest BCUT2D eigenvalue weighted by Gasteiger charge is -2.16. The van der Waals surface area contributed by atoms with Crippen molar-refractivity contribution in [2.45, 2.75) is 12.8 Å². The quantitative estimate of drug-likeness (QED) is 0.443. The third kappa shape index (κ3) is 5.24. The minimum atomic E-state index is -3.76. The van der Waals surface area contributed by atoms with Gasteiger partial charge >= 0.3 is 0 Å². The van der Waals surface area contributed by atoms with Crippen LogP contribution in [0.25, 0.3) is 10.4 Å². The van der Waals surface area contributed by atoms with Crippen LogP contribution in [0.5, 0.6) is 0 Å². The number of rotatable bonds is 7. The molecular weight excluding hydrogens is 298 g/mol. The van der Waals surface area contributed by atoms with E-state index >= 15 is 0 Å². The summed E-state index contributed by atoms with van der Waals surface area (Å²) in [7, 11) is -3.76. The molecule has 0 bridgehead atoms. The van der Waals surface area contributed by atoms with Gasteiger partial charge in [0.05, 0.1) is 5.75 Å². The molecule has 114 valence electrons. The molecule has 0 aliphatic carbocycles. The van der Waals surface area contributed by atoms with E-state index in [1.54, 1.807) is 0 Å². The first-order valence-corrected chi connectivity index (χ1v) is 8.57. The molecule has 22 heavy (non-hydrogen) atoms. The standard InChI is InChI=1S/C16H17N3O2S/c17-18-19-22(20,21)13-16(11-14-7-3-1-4-8-14)12-15-9-5-2-6-10-15/h1-10,16H,11-13H2. The van der Waals surface area contributed by atoms with E-state index in [-0.39, 0.29) is 11.7 Å². The Morgan fingerprint density at radius 2 is 1.36 bits per heavy atom. The summed E-state index contributed by atoms with van der Waals surface area (Å²) in [6, 6.07) is 19.4. The van der Waals surface area contributed by atoms with Gasteiger partial charge in [0.25, 0.3) is 0 Å². The zero-order valence-corrected chi connectivity index (χ0v) is 12.9. The zero-order chi connectivity index (χ0) is 15.8. The minimum Gasteiger partial charge on any atom is -0.221 e. The SMILES string of the molecule is [N-]=[N+]=NS(=O)(=O)CC(Cc1ccccc1)Cc1ccccc1. The summed E-state index contributed by atoms with van der Waals surface area (Å²) >= 11 is 0. The van der Waals surface area contributed by atoms with Gasteiger partial charge in [-0.2, -0.15) is 0 Å². The topological polar surface area (TPSA) is 82.9 Å². The molecule has 0 atom stereocenters. The van der Waals surface area contributed by atoms with Crippen molar-refractivity contribution in [3.05, 3.63) is 82.2 Å². The molecule has 0 N–H and O–H groups in total. The van der Waals surface area contributed by atoms with Gasteiger partial charge in [-0.05, 0) is 35.4 Å². The Balaban J connectivity index is 2.18. The summed E-state index contributed by atoms with van der Waals surface area (Å²) in [5.74, 6) is -0.291. The van der Waals surface area contributed by atoms with Gasteiger partial charge < -0.3 is 0 Å². The molecule has 0 radical (unpaired) electrons. The highest BCUT2D eigenvalue weighted by Gasteiger charge is 2.19. The monoisotopic (exact) mass is 315 g/mol. The summed E-state index contributed by atoms with van der Waals surface area (Å²) in [5.41, 5.74) is 10.5. The summed E-state index contributed by atoms with van der Waals surface area (Å²) in [6.07, 6.45) is 1.24. The van der Waals surface area contributed by atoms with Crippen LogP contribution in [0.1, 0.15) is 11.1 Å². The van der Waals surface area contributed by atoms with Crippen molar-refractivity contribution < 1.29 is 8.42 Å². The molecule has 5 nitrogen and oxygen atoms in total. The van der Waals surface area contributed by atoms with Crippen molar-refractivity contribution in [1.29, 1.82) is 0 Å². The van der Waals surface area contributed by atoms with Gasteiger partial charge in [0.1, 0.15) is 0 Å². The summed E-state index contributed by atoms with van der Waals surface area (Å²) in [4.78, 5) is 2.41. The molecule has 0 aliphatic rings. The van der Waals surface area contributed by atoms with Crippen molar-refractivity contribution in [3.8, 4) is 0 Å². The van der Waals surface area contributed by atoms with Gasteiger partial charge in [-0.25, -0.2) is 8.42 Å². The van der Waals surface area contributed by atoms with E-state index in [1.165, 1.54) is 0 Å². The van der Waals surface area contributed by atoms with Gasteiger partial charge in [0.2, 0.25) is 10.0 Å². The number of hydrogen-bond acceptors (Lipinski definition) is 2. The molecule has 2 aromatic rings. The fourth-order valence-electron chi connectivity index (χ4n) is 2.47.